The zero-order valence-electron chi connectivity index (χ0n) is 12.1. The first-order valence-corrected chi connectivity index (χ1v) is 7.70. The molecule has 0 aliphatic heterocycles. The molecule has 0 aliphatic rings. The van der Waals surface area contributed by atoms with Gasteiger partial charge in [0.15, 0.2) is 0 Å². The summed E-state index contributed by atoms with van der Waals surface area (Å²) in [4.78, 5) is 1.13. The number of nitriles is 1. The average Bonchev–Trinajstić information content (AvgIpc) is 2.52. The van der Waals surface area contributed by atoms with Gasteiger partial charge in [-0.05, 0) is 55.4 Å². The van der Waals surface area contributed by atoms with Gasteiger partial charge >= 0.3 is 0 Å². The third-order valence-electron chi connectivity index (χ3n) is 3.31. The SMILES string of the molecule is CNC(C)c1ccc(SCc2cc(F)cc(C#N)c2)cc1. The molecule has 1 N–H and O–H groups in total. The molecule has 0 aromatic heterocycles. The normalized spacial score (nSPS) is 11.9. The Morgan fingerprint density at radius 2 is 1.95 bits per heavy atom. The standard InChI is InChI=1S/C17H17FN2S/c1-12(20-2)15-3-5-17(6-4-15)21-11-14-7-13(10-19)8-16(18)9-14/h3-9,12,20H,11H2,1-2H3. The Kier molecular flexibility index (Phi) is 5.38. The van der Waals surface area contributed by atoms with Crippen molar-refractivity contribution in [3.63, 3.8) is 0 Å². The molecule has 0 fully saturated rings. The molecule has 4 heteroatoms. The molecule has 108 valence electrons. The van der Waals surface area contributed by atoms with Gasteiger partial charge < -0.3 is 5.32 Å². The van der Waals surface area contributed by atoms with Gasteiger partial charge in [0.25, 0.3) is 0 Å². The Morgan fingerprint density at radius 3 is 2.57 bits per heavy atom. The van der Waals surface area contributed by atoms with Gasteiger partial charge in [0.2, 0.25) is 0 Å². The van der Waals surface area contributed by atoms with E-state index in [2.05, 4.69) is 36.5 Å². The molecule has 21 heavy (non-hydrogen) atoms. The molecule has 0 bridgehead atoms. The highest BCUT2D eigenvalue weighted by atomic mass is 32.2. The van der Waals surface area contributed by atoms with Crippen LogP contribution >= 0.6 is 11.8 Å². The maximum atomic E-state index is 13.4. The van der Waals surface area contributed by atoms with E-state index in [0.717, 1.165) is 10.5 Å². The topological polar surface area (TPSA) is 35.8 Å². The largest absolute Gasteiger partial charge is 0.313 e. The third kappa shape index (κ3) is 4.32. The zero-order valence-corrected chi connectivity index (χ0v) is 12.9. The van der Waals surface area contributed by atoms with E-state index in [1.165, 1.54) is 17.7 Å². The lowest BCUT2D eigenvalue weighted by Gasteiger charge is -2.11. The van der Waals surface area contributed by atoms with Crippen LogP contribution in [-0.4, -0.2) is 7.05 Å². The van der Waals surface area contributed by atoms with Crippen LogP contribution in [0.3, 0.4) is 0 Å². The van der Waals surface area contributed by atoms with Crippen LogP contribution in [0, 0.1) is 17.1 Å². The molecule has 0 saturated heterocycles. The summed E-state index contributed by atoms with van der Waals surface area (Å²) in [5.41, 5.74) is 2.42. The number of benzene rings is 2. The van der Waals surface area contributed by atoms with Gasteiger partial charge in [-0.15, -0.1) is 11.8 Å². The van der Waals surface area contributed by atoms with Gasteiger partial charge in [-0.3, -0.25) is 0 Å². The minimum atomic E-state index is -0.358. The summed E-state index contributed by atoms with van der Waals surface area (Å²) in [6, 6.07) is 15.1. The molecule has 2 nitrogen and oxygen atoms in total. The molecular formula is C17H17FN2S. The number of thioether (sulfide) groups is 1. The molecule has 0 radical (unpaired) electrons. The molecule has 0 amide bonds. The van der Waals surface area contributed by atoms with Crippen molar-refractivity contribution in [2.45, 2.75) is 23.6 Å². The van der Waals surface area contributed by atoms with Crippen molar-refractivity contribution >= 4 is 11.8 Å². The molecule has 2 aromatic rings. The molecular weight excluding hydrogens is 283 g/mol. The highest BCUT2D eigenvalue weighted by Crippen LogP contribution is 2.25. The van der Waals surface area contributed by atoms with Crippen molar-refractivity contribution in [3.05, 3.63) is 65.0 Å². The highest BCUT2D eigenvalue weighted by Gasteiger charge is 2.04. The smallest absolute Gasteiger partial charge is 0.124 e. The van der Waals surface area contributed by atoms with E-state index in [-0.39, 0.29) is 5.82 Å². The van der Waals surface area contributed by atoms with Gasteiger partial charge in [-0.25, -0.2) is 4.39 Å². The van der Waals surface area contributed by atoms with Crippen LogP contribution < -0.4 is 5.32 Å². The lowest BCUT2D eigenvalue weighted by molar-refractivity contribution is 0.626. The van der Waals surface area contributed by atoms with Crippen molar-refractivity contribution in [1.29, 1.82) is 5.26 Å². The van der Waals surface area contributed by atoms with Crippen LogP contribution in [0.2, 0.25) is 0 Å². The summed E-state index contributed by atoms with van der Waals surface area (Å²) in [7, 11) is 1.93. The van der Waals surface area contributed by atoms with Crippen LogP contribution in [0.25, 0.3) is 0 Å². The fourth-order valence-electron chi connectivity index (χ4n) is 1.98. The van der Waals surface area contributed by atoms with E-state index in [1.54, 1.807) is 17.8 Å². The summed E-state index contributed by atoms with van der Waals surface area (Å²) in [5, 5.41) is 12.0. The predicted octanol–water partition coefficient (Wildman–Crippen LogP) is 4.27. The Labute approximate surface area is 129 Å². The number of halogens is 1. The van der Waals surface area contributed by atoms with E-state index < -0.39 is 0 Å². The monoisotopic (exact) mass is 300 g/mol. The quantitative estimate of drug-likeness (QED) is 0.838. The molecule has 2 aromatic carbocycles. The van der Waals surface area contributed by atoms with Crippen molar-refractivity contribution in [2.24, 2.45) is 0 Å². The minimum Gasteiger partial charge on any atom is -0.313 e. The van der Waals surface area contributed by atoms with E-state index in [9.17, 15) is 4.39 Å². The summed E-state index contributed by atoms with van der Waals surface area (Å²) >= 11 is 1.63. The van der Waals surface area contributed by atoms with E-state index >= 15 is 0 Å². The summed E-state index contributed by atoms with van der Waals surface area (Å²) in [6.07, 6.45) is 0. The first-order chi connectivity index (χ1) is 10.1. The number of hydrogen-bond donors (Lipinski definition) is 1. The zero-order chi connectivity index (χ0) is 15.2. The predicted molar refractivity (Wildman–Crippen MR) is 84.6 cm³/mol. The maximum Gasteiger partial charge on any atom is 0.124 e. The third-order valence-corrected chi connectivity index (χ3v) is 4.39. The van der Waals surface area contributed by atoms with E-state index in [4.69, 9.17) is 5.26 Å². The van der Waals surface area contributed by atoms with Gasteiger partial charge in [0.1, 0.15) is 5.82 Å². The van der Waals surface area contributed by atoms with E-state index in [0.29, 0.717) is 17.4 Å². The Hall–Kier alpha value is -1.83. The molecule has 2 rings (SSSR count). The van der Waals surface area contributed by atoms with Crippen molar-refractivity contribution in [1.82, 2.24) is 5.32 Å². The lowest BCUT2D eigenvalue weighted by Crippen LogP contribution is -2.11. The number of rotatable bonds is 5. The fraction of sp³-hybridized carbons (Fsp3) is 0.235. The fourth-order valence-corrected chi connectivity index (χ4v) is 2.81. The van der Waals surface area contributed by atoms with Crippen molar-refractivity contribution < 1.29 is 4.39 Å². The second kappa shape index (κ2) is 7.26. The minimum absolute atomic E-state index is 0.324. The number of hydrogen-bond acceptors (Lipinski definition) is 3. The van der Waals surface area contributed by atoms with Crippen LogP contribution in [0.15, 0.2) is 47.4 Å². The first-order valence-electron chi connectivity index (χ1n) is 6.72. The summed E-state index contributed by atoms with van der Waals surface area (Å²) in [6.45, 7) is 2.11. The Morgan fingerprint density at radius 1 is 1.24 bits per heavy atom. The van der Waals surface area contributed by atoms with Crippen molar-refractivity contribution in [3.8, 4) is 6.07 Å². The molecule has 1 atom stereocenters. The van der Waals surface area contributed by atoms with Gasteiger partial charge in [0, 0.05) is 16.7 Å². The van der Waals surface area contributed by atoms with Crippen molar-refractivity contribution in [2.75, 3.05) is 7.05 Å². The lowest BCUT2D eigenvalue weighted by atomic mass is 10.1. The number of nitrogens with one attached hydrogen (secondary N) is 1. The number of nitrogens with zero attached hydrogens (tertiary/aromatic N) is 1. The second-order valence-corrected chi connectivity index (χ2v) is 5.88. The average molecular weight is 300 g/mol. The Balaban J connectivity index is 2.03. The molecule has 0 aliphatic carbocycles. The van der Waals surface area contributed by atoms with Crippen LogP contribution in [0.1, 0.15) is 29.7 Å². The summed E-state index contributed by atoms with van der Waals surface area (Å²) < 4.78 is 13.4. The second-order valence-electron chi connectivity index (χ2n) is 4.83. The first kappa shape index (κ1) is 15.6. The summed E-state index contributed by atoms with van der Waals surface area (Å²) in [5.74, 6) is 0.288. The molecule has 0 saturated carbocycles. The molecule has 0 heterocycles. The Bertz CT molecular complexity index is 647. The van der Waals surface area contributed by atoms with Crippen LogP contribution in [0.4, 0.5) is 4.39 Å². The van der Waals surface area contributed by atoms with Gasteiger partial charge in [-0.2, -0.15) is 5.26 Å². The van der Waals surface area contributed by atoms with E-state index in [1.807, 2.05) is 13.1 Å². The molecule has 0 spiro atoms. The van der Waals surface area contributed by atoms with Gasteiger partial charge in [-0.1, -0.05) is 12.1 Å². The molecule has 1 unspecified atom stereocenters. The van der Waals surface area contributed by atoms with Gasteiger partial charge in [0.05, 0.1) is 11.6 Å². The van der Waals surface area contributed by atoms with Crippen LogP contribution in [0.5, 0.6) is 0 Å². The maximum absolute atomic E-state index is 13.4. The highest BCUT2D eigenvalue weighted by molar-refractivity contribution is 7.98. The van der Waals surface area contributed by atoms with Crippen LogP contribution in [-0.2, 0) is 5.75 Å².